The van der Waals surface area contributed by atoms with E-state index in [2.05, 4.69) is 27.1 Å². The lowest BCUT2D eigenvalue weighted by atomic mass is 10.2. The van der Waals surface area contributed by atoms with Gasteiger partial charge < -0.3 is 4.98 Å². The van der Waals surface area contributed by atoms with E-state index in [0.717, 1.165) is 38.0 Å². The van der Waals surface area contributed by atoms with Gasteiger partial charge in [-0.15, -0.1) is 11.8 Å². The standard InChI is InChI=1S/C19H13Cl2N3S/c20-14-5-2-1-4-12(14)11-25-13-8-9-15-17(10-13)24-19(23-15)16-6-3-7-18(21)22-16/h1-10H,11H2,(H,23,24). The SMILES string of the molecule is Clc1cccc(-c2nc3ccc(SCc4ccccc4Cl)cc3[nH]2)n1. The Balaban J connectivity index is 1.59. The zero-order chi connectivity index (χ0) is 17.2. The number of halogens is 2. The maximum atomic E-state index is 6.22. The van der Waals surface area contributed by atoms with Gasteiger partial charge in [0.15, 0.2) is 5.82 Å². The number of aromatic amines is 1. The van der Waals surface area contributed by atoms with Gasteiger partial charge in [0.2, 0.25) is 0 Å². The quantitative estimate of drug-likeness (QED) is 0.334. The molecule has 25 heavy (non-hydrogen) atoms. The van der Waals surface area contributed by atoms with Gasteiger partial charge in [0.05, 0.1) is 11.0 Å². The number of benzene rings is 2. The van der Waals surface area contributed by atoms with Gasteiger partial charge in [0, 0.05) is 15.7 Å². The van der Waals surface area contributed by atoms with E-state index in [0.29, 0.717) is 11.0 Å². The summed E-state index contributed by atoms with van der Waals surface area (Å²) in [7, 11) is 0. The van der Waals surface area contributed by atoms with Crippen molar-refractivity contribution in [1.29, 1.82) is 0 Å². The molecule has 124 valence electrons. The van der Waals surface area contributed by atoms with Crippen molar-refractivity contribution in [3.05, 3.63) is 76.4 Å². The summed E-state index contributed by atoms with van der Waals surface area (Å²) in [6, 6.07) is 19.6. The first-order valence-electron chi connectivity index (χ1n) is 7.68. The Kier molecular flexibility index (Phi) is 4.66. The average Bonchev–Trinajstić information content (AvgIpc) is 3.04. The summed E-state index contributed by atoms with van der Waals surface area (Å²) >= 11 is 13.9. The first-order valence-corrected chi connectivity index (χ1v) is 9.42. The number of nitrogens with zero attached hydrogens (tertiary/aromatic N) is 2. The molecular weight excluding hydrogens is 373 g/mol. The van der Waals surface area contributed by atoms with Crippen molar-refractivity contribution >= 4 is 46.0 Å². The highest BCUT2D eigenvalue weighted by Crippen LogP contribution is 2.29. The van der Waals surface area contributed by atoms with E-state index in [-0.39, 0.29) is 0 Å². The average molecular weight is 386 g/mol. The number of imidazole rings is 1. The van der Waals surface area contributed by atoms with Gasteiger partial charge in [-0.1, -0.05) is 47.5 Å². The fourth-order valence-electron chi connectivity index (χ4n) is 2.52. The molecule has 0 radical (unpaired) electrons. The van der Waals surface area contributed by atoms with Crippen molar-refractivity contribution in [2.75, 3.05) is 0 Å². The smallest absolute Gasteiger partial charge is 0.157 e. The minimum Gasteiger partial charge on any atom is -0.337 e. The highest BCUT2D eigenvalue weighted by atomic mass is 35.5. The van der Waals surface area contributed by atoms with Crippen LogP contribution >= 0.6 is 35.0 Å². The fourth-order valence-corrected chi connectivity index (χ4v) is 3.90. The number of aromatic nitrogens is 3. The Hall–Kier alpha value is -2.01. The van der Waals surface area contributed by atoms with Crippen LogP contribution in [-0.2, 0) is 5.75 Å². The molecule has 4 aromatic rings. The van der Waals surface area contributed by atoms with E-state index < -0.39 is 0 Å². The maximum absolute atomic E-state index is 6.22. The normalized spacial score (nSPS) is 11.1. The van der Waals surface area contributed by atoms with Crippen LogP contribution < -0.4 is 0 Å². The molecule has 0 aliphatic heterocycles. The molecule has 4 rings (SSSR count). The van der Waals surface area contributed by atoms with Crippen LogP contribution in [0.2, 0.25) is 10.2 Å². The molecule has 0 aliphatic carbocycles. The fraction of sp³-hybridized carbons (Fsp3) is 0.0526. The van der Waals surface area contributed by atoms with Gasteiger partial charge >= 0.3 is 0 Å². The predicted octanol–water partition coefficient (Wildman–Crippen LogP) is 6.22. The van der Waals surface area contributed by atoms with Gasteiger partial charge in [-0.05, 0) is 42.0 Å². The first-order chi connectivity index (χ1) is 12.2. The second-order valence-electron chi connectivity index (χ2n) is 5.49. The van der Waals surface area contributed by atoms with Crippen molar-refractivity contribution in [1.82, 2.24) is 15.0 Å². The number of pyridine rings is 1. The second-order valence-corrected chi connectivity index (χ2v) is 7.33. The molecular formula is C19H13Cl2N3S. The van der Waals surface area contributed by atoms with Crippen molar-refractivity contribution in [3.63, 3.8) is 0 Å². The molecule has 0 amide bonds. The van der Waals surface area contributed by atoms with E-state index >= 15 is 0 Å². The highest BCUT2D eigenvalue weighted by molar-refractivity contribution is 7.98. The largest absolute Gasteiger partial charge is 0.337 e. The van der Waals surface area contributed by atoms with E-state index in [1.54, 1.807) is 17.8 Å². The lowest BCUT2D eigenvalue weighted by Gasteiger charge is -2.04. The van der Waals surface area contributed by atoms with E-state index in [1.807, 2.05) is 42.5 Å². The summed E-state index contributed by atoms with van der Waals surface area (Å²) in [5.74, 6) is 1.54. The topological polar surface area (TPSA) is 41.6 Å². The molecule has 0 spiro atoms. The number of rotatable bonds is 4. The van der Waals surface area contributed by atoms with Gasteiger partial charge in [0.1, 0.15) is 10.8 Å². The lowest BCUT2D eigenvalue weighted by Crippen LogP contribution is -1.85. The third-order valence-corrected chi connectivity index (χ3v) is 5.39. The maximum Gasteiger partial charge on any atom is 0.157 e. The molecule has 0 saturated heterocycles. The molecule has 2 aromatic heterocycles. The first kappa shape index (κ1) is 16.5. The number of fused-ring (bicyclic) bond motifs is 1. The van der Waals surface area contributed by atoms with E-state index in [1.165, 1.54) is 0 Å². The summed E-state index contributed by atoms with van der Waals surface area (Å²) < 4.78 is 0. The molecule has 2 heterocycles. The van der Waals surface area contributed by atoms with Crippen LogP contribution in [0.3, 0.4) is 0 Å². The summed E-state index contributed by atoms with van der Waals surface area (Å²) in [6.07, 6.45) is 0. The Labute approximate surface area is 159 Å². The lowest BCUT2D eigenvalue weighted by molar-refractivity contribution is 1.24. The molecule has 0 atom stereocenters. The van der Waals surface area contributed by atoms with Gasteiger partial charge in [-0.25, -0.2) is 9.97 Å². The zero-order valence-electron chi connectivity index (χ0n) is 13.0. The predicted molar refractivity (Wildman–Crippen MR) is 105 cm³/mol. The number of thioether (sulfide) groups is 1. The Morgan fingerprint density at radius 3 is 2.64 bits per heavy atom. The zero-order valence-corrected chi connectivity index (χ0v) is 15.4. The molecule has 6 heteroatoms. The summed E-state index contributed by atoms with van der Waals surface area (Å²) in [5.41, 5.74) is 3.73. The van der Waals surface area contributed by atoms with Crippen molar-refractivity contribution in [2.45, 2.75) is 10.6 Å². The molecule has 3 nitrogen and oxygen atoms in total. The van der Waals surface area contributed by atoms with Crippen LogP contribution in [0.1, 0.15) is 5.56 Å². The number of H-pyrrole nitrogens is 1. The number of nitrogens with one attached hydrogen (secondary N) is 1. The van der Waals surface area contributed by atoms with Crippen molar-refractivity contribution < 1.29 is 0 Å². The molecule has 0 unspecified atom stereocenters. The minimum atomic E-state index is 0.453. The van der Waals surface area contributed by atoms with Crippen LogP contribution in [0.4, 0.5) is 0 Å². The molecule has 0 fully saturated rings. The molecule has 2 aromatic carbocycles. The van der Waals surface area contributed by atoms with Crippen LogP contribution in [0, 0.1) is 0 Å². The molecule has 0 bridgehead atoms. The number of hydrogen-bond donors (Lipinski definition) is 1. The van der Waals surface area contributed by atoms with Crippen molar-refractivity contribution in [3.8, 4) is 11.5 Å². The Morgan fingerprint density at radius 2 is 1.80 bits per heavy atom. The van der Waals surface area contributed by atoms with Crippen molar-refractivity contribution in [2.24, 2.45) is 0 Å². The minimum absolute atomic E-state index is 0.453. The van der Waals surface area contributed by atoms with Crippen LogP contribution in [0.25, 0.3) is 22.6 Å². The van der Waals surface area contributed by atoms with E-state index in [4.69, 9.17) is 23.2 Å². The Morgan fingerprint density at radius 1 is 0.920 bits per heavy atom. The summed E-state index contributed by atoms with van der Waals surface area (Å²) in [4.78, 5) is 13.4. The summed E-state index contributed by atoms with van der Waals surface area (Å²) in [5, 5.41) is 1.25. The van der Waals surface area contributed by atoms with Gasteiger partial charge in [-0.3, -0.25) is 0 Å². The molecule has 0 aliphatic rings. The van der Waals surface area contributed by atoms with Gasteiger partial charge in [0.25, 0.3) is 0 Å². The second kappa shape index (κ2) is 7.08. The molecule has 0 saturated carbocycles. The van der Waals surface area contributed by atoms with Gasteiger partial charge in [-0.2, -0.15) is 0 Å². The van der Waals surface area contributed by atoms with E-state index in [9.17, 15) is 0 Å². The van der Waals surface area contributed by atoms with Crippen LogP contribution in [0.15, 0.2) is 65.6 Å². The summed E-state index contributed by atoms with van der Waals surface area (Å²) in [6.45, 7) is 0. The Bertz CT molecular complexity index is 1050. The van der Waals surface area contributed by atoms with Crippen LogP contribution in [-0.4, -0.2) is 15.0 Å². The highest BCUT2D eigenvalue weighted by Gasteiger charge is 2.08. The number of hydrogen-bond acceptors (Lipinski definition) is 3. The monoisotopic (exact) mass is 385 g/mol. The third kappa shape index (κ3) is 3.66. The molecule has 1 N–H and O–H groups in total. The third-order valence-electron chi connectivity index (χ3n) is 3.76. The van der Waals surface area contributed by atoms with Crippen LogP contribution in [0.5, 0.6) is 0 Å².